The monoisotopic (exact) mass is 781 g/mol. The van der Waals surface area contributed by atoms with Gasteiger partial charge in [0.2, 0.25) is 11.8 Å². The number of thiol groups is 1. The molecule has 0 radical (unpaired) electrons. The van der Waals surface area contributed by atoms with Crippen LogP contribution in [0.1, 0.15) is 79.2 Å². The number of carbonyl (C=O) groups excluding carboxylic acids is 4. The summed E-state index contributed by atoms with van der Waals surface area (Å²) >= 11 is 11.1. The van der Waals surface area contributed by atoms with Gasteiger partial charge in [0.05, 0.1) is 25.3 Å². The second kappa shape index (κ2) is 17.2. The van der Waals surface area contributed by atoms with E-state index in [9.17, 15) is 24.3 Å². The van der Waals surface area contributed by atoms with Crippen LogP contribution < -0.4 is 15.0 Å². The van der Waals surface area contributed by atoms with E-state index in [1.54, 1.807) is 20.9 Å². The lowest BCUT2D eigenvalue weighted by Crippen LogP contribution is -2.64. The largest absolute Gasteiger partial charge is 0.495 e. The first-order valence-corrected chi connectivity index (χ1v) is 19.0. The van der Waals surface area contributed by atoms with Gasteiger partial charge in [0, 0.05) is 40.0 Å². The van der Waals surface area contributed by atoms with Crippen LogP contribution in [0.3, 0.4) is 0 Å². The average Bonchev–Trinajstić information content (AvgIpc) is 3.79. The Bertz CT molecular complexity index is 1580. The predicted octanol–water partition coefficient (Wildman–Crippen LogP) is 5.08. The molecule has 4 bridgehead atoms. The van der Waals surface area contributed by atoms with E-state index in [-0.39, 0.29) is 41.4 Å². The number of aliphatic hydroxyl groups is 1. The third-order valence-electron chi connectivity index (χ3n) is 10.9. The van der Waals surface area contributed by atoms with Gasteiger partial charge < -0.3 is 38.6 Å². The van der Waals surface area contributed by atoms with Gasteiger partial charge in [-0.05, 0) is 68.9 Å². The van der Waals surface area contributed by atoms with Crippen LogP contribution in [-0.4, -0.2) is 109 Å². The summed E-state index contributed by atoms with van der Waals surface area (Å²) in [6.45, 7) is 11.0. The number of carbonyl (C=O) groups is 4. The average molecular weight is 782 g/mol. The molecule has 296 valence electrons. The molecule has 1 aromatic carbocycles. The van der Waals surface area contributed by atoms with Crippen molar-refractivity contribution in [2.24, 2.45) is 11.8 Å². The number of likely N-dealkylation sites (N-methyl/N-ethyl adjacent to an activating group) is 1. The Morgan fingerprint density at radius 3 is 2.51 bits per heavy atom. The van der Waals surface area contributed by atoms with Gasteiger partial charge in [0.1, 0.15) is 40.7 Å². The van der Waals surface area contributed by atoms with Crippen molar-refractivity contribution in [2.45, 2.75) is 127 Å². The minimum absolute atomic E-state index is 0.00510. The molecular formula is C38H56ClN3O10S. The molecule has 3 aliphatic rings. The number of allylic oxidation sites excluding steroid dienone is 2. The van der Waals surface area contributed by atoms with Crippen molar-refractivity contribution in [3.05, 3.63) is 34.4 Å². The van der Waals surface area contributed by atoms with Gasteiger partial charge in [-0.1, -0.05) is 44.0 Å². The number of rotatable bonds is 8. The summed E-state index contributed by atoms with van der Waals surface area (Å²) < 4.78 is 29.5. The van der Waals surface area contributed by atoms with Crippen molar-refractivity contribution >= 4 is 53.8 Å². The quantitative estimate of drug-likeness (QED) is 0.141. The number of epoxide rings is 1. The van der Waals surface area contributed by atoms with E-state index >= 15 is 0 Å². The molecule has 0 saturated carbocycles. The number of nitrogens with one attached hydrogen (secondary N) is 1. The Balaban J connectivity index is 1.75. The molecule has 15 heteroatoms. The summed E-state index contributed by atoms with van der Waals surface area (Å²) in [6.07, 6.45) is -0.767. The fraction of sp³-hybridized carbons (Fsp3) is 0.684. The van der Waals surface area contributed by atoms with Gasteiger partial charge in [-0.3, -0.25) is 14.9 Å². The summed E-state index contributed by atoms with van der Waals surface area (Å²) in [4.78, 5) is 56.4. The number of halogens is 1. The Labute approximate surface area is 323 Å². The molecule has 2 fully saturated rings. The molecule has 0 aliphatic carbocycles. The summed E-state index contributed by atoms with van der Waals surface area (Å²) in [7, 11) is 6.11. The molecule has 3 aliphatic heterocycles. The normalized spacial score (nSPS) is 32.9. The first-order valence-electron chi connectivity index (χ1n) is 18.1. The molecule has 1 aromatic rings. The number of methoxy groups -OCH3 is 2. The maximum atomic E-state index is 14.2. The van der Waals surface area contributed by atoms with E-state index in [2.05, 4.69) is 24.0 Å². The number of alkyl carbamates (subject to hydrolysis) is 1. The number of nitrogens with zero attached hydrogens (tertiary/aromatic N) is 2. The highest BCUT2D eigenvalue weighted by atomic mass is 35.5. The van der Waals surface area contributed by atoms with Crippen molar-refractivity contribution in [3.63, 3.8) is 0 Å². The zero-order chi connectivity index (χ0) is 39.6. The minimum atomic E-state index is -1.76. The van der Waals surface area contributed by atoms with Crippen molar-refractivity contribution in [2.75, 3.05) is 33.2 Å². The van der Waals surface area contributed by atoms with Gasteiger partial charge in [-0.25, -0.2) is 9.59 Å². The molecule has 10 atom stereocenters. The van der Waals surface area contributed by atoms with Crippen LogP contribution in [0.25, 0.3) is 0 Å². The third-order valence-corrected chi connectivity index (χ3v) is 11.5. The van der Waals surface area contributed by atoms with E-state index in [0.29, 0.717) is 30.7 Å². The fourth-order valence-electron chi connectivity index (χ4n) is 7.38. The molecular weight excluding hydrogens is 726 g/mol. The number of anilines is 1. The Morgan fingerprint density at radius 1 is 1.21 bits per heavy atom. The highest BCUT2D eigenvalue weighted by molar-refractivity contribution is 7.80. The molecule has 13 nitrogen and oxygen atoms in total. The first-order chi connectivity index (χ1) is 24.7. The maximum absolute atomic E-state index is 14.2. The zero-order valence-corrected chi connectivity index (χ0v) is 34.1. The lowest BCUT2D eigenvalue weighted by Gasteiger charge is -2.43. The molecule has 0 spiro atoms. The lowest BCUT2D eigenvalue weighted by molar-refractivity contribution is -0.162. The van der Waals surface area contributed by atoms with Gasteiger partial charge >= 0.3 is 12.1 Å². The highest BCUT2D eigenvalue weighted by Gasteiger charge is 2.64. The van der Waals surface area contributed by atoms with Crippen LogP contribution in [-0.2, 0) is 39.8 Å². The topological polar surface area (TPSA) is 156 Å². The van der Waals surface area contributed by atoms with Crippen molar-refractivity contribution in [1.82, 2.24) is 10.2 Å². The first kappa shape index (κ1) is 42.7. The SMILES string of the molecule is COc1cc2cc(c1Cl)N(C)C(=O)CC(OC(=O)C(C)N(C)C(=O)CCC(C)S)C1(C)OC1C(C)C1CC(O)(NC(=O)O1)C(OC)CC(C)/C=C(\C)C2. The fourth-order valence-corrected chi connectivity index (χ4v) is 7.82. The van der Waals surface area contributed by atoms with Crippen LogP contribution in [0.5, 0.6) is 5.75 Å². The molecule has 0 aromatic heterocycles. The lowest BCUT2D eigenvalue weighted by atomic mass is 9.82. The van der Waals surface area contributed by atoms with Gasteiger partial charge in [0.25, 0.3) is 0 Å². The number of amides is 3. The van der Waals surface area contributed by atoms with E-state index in [0.717, 1.165) is 11.1 Å². The molecule has 3 heterocycles. The second-order valence-corrected chi connectivity index (χ2v) is 16.4. The second-order valence-electron chi connectivity index (χ2n) is 15.2. The third kappa shape index (κ3) is 9.80. The van der Waals surface area contributed by atoms with Crippen LogP contribution in [0.2, 0.25) is 5.02 Å². The van der Waals surface area contributed by atoms with Crippen molar-refractivity contribution in [3.8, 4) is 5.75 Å². The van der Waals surface area contributed by atoms with E-state index in [1.807, 2.05) is 39.8 Å². The van der Waals surface area contributed by atoms with Crippen molar-refractivity contribution in [1.29, 1.82) is 0 Å². The number of esters is 1. The summed E-state index contributed by atoms with van der Waals surface area (Å²) in [6, 6.07) is 2.67. The van der Waals surface area contributed by atoms with E-state index in [1.165, 1.54) is 31.1 Å². The molecule has 10 unspecified atom stereocenters. The Hall–Kier alpha value is -3.04. The van der Waals surface area contributed by atoms with Crippen LogP contribution in [0, 0.1) is 11.8 Å². The zero-order valence-electron chi connectivity index (χ0n) is 32.4. The van der Waals surface area contributed by atoms with E-state index in [4.69, 9.17) is 35.3 Å². The summed E-state index contributed by atoms with van der Waals surface area (Å²) in [5.41, 5.74) is -0.698. The predicted molar refractivity (Wildman–Crippen MR) is 203 cm³/mol. The number of benzene rings is 1. The standard InChI is InChI=1S/C38H56ClN3O10S/c1-20-13-21(2)15-30(49-10)38(47)19-28(50-36(46)40-38)23(4)34-37(6,52-34)29(51-35(45)24(5)41(7)31(43)12-11-22(3)53)18-32(44)42(8)26-16-25(14-20)17-27(48-9)33(26)39/h13,16-17,21-24,28-30,34,47,53H,11-12,14-15,18-19H2,1-10H3,(H,40,46)/b20-13+. The molecule has 2 N–H and O–H groups in total. The maximum Gasteiger partial charge on any atom is 0.409 e. The minimum Gasteiger partial charge on any atom is -0.495 e. The summed E-state index contributed by atoms with van der Waals surface area (Å²) in [5.74, 6) is -1.57. The Kier molecular flexibility index (Phi) is 13.8. The number of ether oxygens (including phenoxy) is 5. The number of hydrogen-bond donors (Lipinski definition) is 3. The van der Waals surface area contributed by atoms with Gasteiger partial charge in [-0.2, -0.15) is 12.6 Å². The van der Waals surface area contributed by atoms with Gasteiger partial charge in [-0.15, -0.1) is 0 Å². The van der Waals surface area contributed by atoms with Crippen LogP contribution in [0.4, 0.5) is 10.5 Å². The number of hydrogen-bond acceptors (Lipinski definition) is 11. The smallest absolute Gasteiger partial charge is 0.409 e. The Morgan fingerprint density at radius 2 is 1.89 bits per heavy atom. The molecule has 3 amide bonds. The van der Waals surface area contributed by atoms with Crippen LogP contribution in [0.15, 0.2) is 23.8 Å². The molecule has 2 saturated heterocycles. The summed E-state index contributed by atoms with van der Waals surface area (Å²) in [5, 5.41) is 14.7. The molecule has 53 heavy (non-hydrogen) atoms. The van der Waals surface area contributed by atoms with E-state index < -0.39 is 65.7 Å². The van der Waals surface area contributed by atoms with Crippen molar-refractivity contribution < 1.29 is 48.0 Å². The highest BCUT2D eigenvalue weighted by Crippen LogP contribution is 2.49. The molecule has 4 rings (SSSR count). The van der Waals surface area contributed by atoms with Gasteiger partial charge in [0.15, 0.2) is 5.72 Å². The van der Waals surface area contributed by atoms with Crippen LogP contribution >= 0.6 is 24.2 Å². The number of fused-ring (bicyclic) bond motifs is 5.